The molecule has 0 spiro atoms. The Balaban J connectivity index is 1.33. The summed E-state index contributed by atoms with van der Waals surface area (Å²) in [7, 11) is 0. The quantitative estimate of drug-likeness (QED) is 0.583. The number of rotatable bonds is 4. The summed E-state index contributed by atoms with van der Waals surface area (Å²) in [5.41, 5.74) is 7.34. The van der Waals surface area contributed by atoms with Crippen molar-refractivity contribution >= 4 is 11.1 Å². The van der Waals surface area contributed by atoms with Crippen LogP contribution in [-0.4, -0.2) is 10.2 Å². The SMILES string of the molecule is Cc1cc(C2=CCC(CC3CC=C(c4ccc(O)c(C)c4)CC3)CC2)ccc1O. The van der Waals surface area contributed by atoms with Crippen LogP contribution in [0.2, 0.25) is 0 Å². The van der Waals surface area contributed by atoms with E-state index in [0.29, 0.717) is 11.5 Å². The van der Waals surface area contributed by atoms with Crippen LogP contribution in [0.5, 0.6) is 11.5 Å². The molecule has 152 valence electrons. The third kappa shape index (κ3) is 4.58. The highest BCUT2D eigenvalue weighted by atomic mass is 16.3. The Labute approximate surface area is 174 Å². The lowest BCUT2D eigenvalue weighted by Crippen LogP contribution is -2.14. The smallest absolute Gasteiger partial charge is 0.118 e. The maximum Gasteiger partial charge on any atom is 0.118 e. The van der Waals surface area contributed by atoms with Gasteiger partial charge in [0.05, 0.1) is 0 Å². The highest BCUT2D eigenvalue weighted by molar-refractivity contribution is 5.68. The molecule has 4 rings (SSSR count). The Bertz CT molecular complexity index is 874. The summed E-state index contributed by atoms with van der Waals surface area (Å²) in [6, 6.07) is 12.0. The number of phenolic OH excluding ortho intramolecular Hbond substituents is 2. The fourth-order valence-electron chi connectivity index (χ4n) is 4.91. The van der Waals surface area contributed by atoms with E-state index in [1.807, 2.05) is 38.1 Å². The number of phenols is 2. The summed E-state index contributed by atoms with van der Waals surface area (Å²) in [4.78, 5) is 0. The lowest BCUT2D eigenvalue weighted by atomic mass is 9.77. The van der Waals surface area contributed by atoms with Gasteiger partial charge in [-0.1, -0.05) is 24.3 Å². The molecule has 2 aliphatic carbocycles. The van der Waals surface area contributed by atoms with Crippen molar-refractivity contribution in [3.63, 3.8) is 0 Å². The highest BCUT2D eigenvalue weighted by Gasteiger charge is 2.22. The topological polar surface area (TPSA) is 40.5 Å². The van der Waals surface area contributed by atoms with Gasteiger partial charge in [-0.05, 0) is 128 Å². The third-order valence-corrected chi connectivity index (χ3v) is 6.84. The van der Waals surface area contributed by atoms with Crippen molar-refractivity contribution in [1.82, 2.24) is 0 Å². The van der Waals surface area contributed by atoms with Gasteiger partial charge in [-0.25, -0.2) is 0 Å². The summed E-state index contributed by atoms with van der Waals surface area (Å²) in [5, 5.41) is 19.5. The second kappa shape index (κ2) is 8.49. The monoisotopic (exact) mass is 388 g/mol. The van der Waals surface area contributed by atoms with Crippen molar-refractivity contribution in [2.24, 2.45) is 11.8 Å². The summed E-state index contributed by atoms with van der Waals surface area (Å²) in [6.07, 6.45) is 13.4. The van der Waals surface area contributed by atoms with Crippen molar-refractivity contribution in [2.45, 2.75) is 58.8 Å². The minimum atomic E-state index is 0.384. The first-order chi connectivity index (χ1) is 14.0. The Morgan fingerprint density at radius 3 is 1.52 bits per heavy atom. The number of aryl methyl sites for hydroxylation is 2. The number of aromatic hydroxyl groups is 2. The fourth-order valence-corrected chi connectivity index (χ4v) is 4.91. The molecule has 2 aromatic rings. The highest BCUT2D eigenvalue weighted by Crippen LogP contribution is 2.39. The van der Waals surface area contributed by atoms with E-state index in [2.05, 4.69) is 24.3 Å². The van der Waals surface area contributed by atoms with Crippen LogP contribution in [0.4, 0.5) is 0 Å². The predicted octanol–water partition coefficient (Wildman–Crippen LogP) is 7.17. The second-order valence-corrected chi connectivity index (χ2v) is 8.98. The zero-order valence-electron chi connectivity index (χ0n) is 17.6. The molecule has 2 nitrogen and oxygen atoms in total. The standard InChI is InChI=1S/C27H32O2/c1-18-15-24(11-13-26(18)28)22-7-3-20(4-8-22)17-21-5-9-23(10-6-21)25-12-14-27(29)19(2)16-25/h7,9,11-16,20-21,28-29H,3-6,8,10,17H2,1-2H3. The normalized spacial score (nSPS) is 22.1. The van der Waals surface area contributed by atoms with Gasteiger partial charge in [-0.3, -0.25) is 0 Å². The molecule has 2 atom stereocenters. The van der Waals surface area contributed by atoms with E-state index in [-0.39, 0.29) is 0 Å². The summed E-state index contributed by atoms with van der Waals surface area (Å²) in [6.45, 7) is 3.94. The Morgan fingerprint density at radius 1 is 0.724 bits per heavy atom. The van der Waals surface area contributed by atoms with Gasteiger partial charge >= 0.3 is 0 Å². The molecule has 0 saturated heterocycles. The Kier molecular flexibility index (Phi) is 5.80. The van der Waals surface area contributed by atoms with E-state index in [4.69, 9.17) is 0 Å². The van der Waals surface area contributed by atoms with Crippen LogP contribution in [-0.2, 0) is 0 Å². The first-order valence-electron chi connectivity index (χ1n) is 11.0. The van der Waals surface area contributed by atoms with Gasteiger partial charge < -0.3 is 10.2 Å². The molecule has 0 heterocycles. The van der Waals surface area contributed by atoms with E-state index < -0.39 is 0 Å². The van der Waals surface area contributed by atoms with Gasteiger partial charge in [0.25, 0.3) is 0 Å². The molecular formula is C27H32O2. The molecule has 2 heteroatoms. The Hall–Kier alpha value is -2.48. The molecular weight excluding hydrogens is 356 g/mol. The van der Waals surface area contributed by atoms with Crippen LogP contribution in [0.1, 0.15) is 67.2 Å². The molecule has 0 fully saturated rings. The van der Waals surface area contributed by atoms with Crippen LogP contribution in [0.25, 0.3) is 11.1 Å². The van der Waals surface area contributed by atoms with Gasteiger partial charge in [0, 0.05) is 0 Å². The number of hydrogen-bond acceptors (Lipinski definition) is 2. The fraction of sp³-hybridized carbons (Fsp3) is 0.407. The molecule has 2 aromatic carbocycles. The number of allylic oxidation sites excluding steroid dienone is 4. The Morgan fingerprint density at radius 2 is 1.17 bits per heavy atom. The van der Waals surface area contributed by atoms with Gasteiger partial charge in [0.1, 0.15) is 11.5 Å². The summed E-state index contributed by atoms with van der Waals surface area (Å²) in [5.74, 6) is 2.37. The molecule has 0 aliphatic heterocycles. The predicted molar refractivity (Wildman–Crippen MR) is 121 cm³/mol. The van der Waals surface area contributed by atoms with Crippen molar-refractivity contribution < 1.29 is 10.2 Å². The van der Waals surface area contributed by atoms with E-state index in [1.165, 1.54) is 54.4 Å². The van der Waals surface area contributed by atoms with Gasteiger partial charge in [0.2, 0.25) is 0 Å². The largest absolute Gasteiger partial charge is 0.508 e. The van der Waals surface area contributed by atoms with Crippen LogP contribution < -0.4 is 0 Å². The first-order valence-corrected chi connectivity index (χ1v) is 11.0. The van der Waals surface area contributed by atoms with Gasteiger partial charge in [0.15, 0.2) is 0 Å². The maximum atomic E-state index is 9.75. The van der Waals surface area contributed by atoms with E-state index in [1.54, 1.807) is 0 Å². The molecule has 0 radical (unpaired) electrons. The average molecular weight is 389 g/mol. The third-order valence-electron chi connectivity index (χ3n) is 6.84. The first kappa shape index (κ1) is 19.8. The van der Waals surface area contributed by atoms with Crippen molar-refractivity contribution in [1.29, 1.82) is 0 Å². The van der Waals surface area contributed by atoms with Gasteiger partial charge in [-0.15, -0.1) is 0 Å². The number of hydrogen-bond donors (Lipinski definition) is 2. The molecule has 0 bridgehead atoms. The summed E-state index contributed by atoms with van der Waals surface area (Å²) < 4.78 is 0. The molecule has 0 saturated carbocycles. The number of benzene rings is 2. The molecule has 2 unspecified atom stereocenters. The molecule has 2 aliphatic rings. The zero-order valence-corrected chi connectivity index (χ0v) is 17.6. The van der Waals surface area contributed by atoms with E-state index >= 15 is 0 Å². The van der Waals surface area contributed by atoms with Crippen molar-refractivity contribution in [2.75, 3.05) is 0 Å². The van der Waals surface area contributed by atoms with Crippen LogP contribution in [0.3, 0.4) is 0 Å². The van der Waals surface area contributed by atoms with Crippen molar-refractivity contribution in [3.05, 3.63) is 70.8 Å². The van der Waals surface area contributed by atoms with Crippen molar-refractivity contribution in [3.8, 4) is 11.5 Å². The summed E-state index contributed by atoms with van der Waals surface area (Å²) >= 11 is 0. The molecule has 2 N–H and O–H groups in total. The van der Waals surface area contributed by atoms with Gasteiger partial charge in [-0.2, -0.15) is 0 Å². The maximum absolute atomic E-state index is 9.75. The minimum Gasteiger partial charge on any atom is -0.508 e. The van der Waals surface area contributed by atoms with Crippen LogP contribution in [0.15, 0.2) is 48.6 Å². The second-order valence-electron chi connectivity index (χ2n) is 8.98. The van der Waals surface area contributed by atoms with Crippen LogP contribution in [0, 0.1) is 25.7 Å². The lowest BCUT2D eigenvalue weighted by Gasteiger charge is -2.29. The molecule has 29 heavy (non-hydrogen) atoms. The zero-order chi connectivity index (χ0) is 20.4. The average Bonchev–Trinajstić information content (AvgIpc) is 2.73. The minimum absolute atomic E-state index is 0.384. The van der Waals surface area contributed by atoms with Crippen LogP contribution >= 0.6 is 0 Å². The van der Waals surface area contributed by atoms with E-state index in [0.717, 1.165) is 35.8 Å². The van der Waals surface area contributed by atoms with E-state index in [9.17, 15) is 10.2 Å². The molecule has 0 amide bonds. The lowest BCUT2D eigenvalue weighted by molar-refractivity contribution is 0.335. The molecule has 0 aromatic heterocycles.